The fourth-order valence-corrected chi connectivity index (χ4v) is 10.9. The first-order chi connectivity index (χ1) is 18.5. The third kappa shape index (κ3) is 4.98. The number of fused-ring (bicyclic) bond motifs is 5. The van der Waals surface area contributed by atoms with Gasteiger partial charge in [-0.1, -0.05) is 42.8 Å². The molecule has 0 aromatic carbocycles. The molecule has 1 N–H and O–H groups in total. The monoisotopic (exact) mass is 700 g/mol. The minimum absolute atomic E-state index is 0.0570. The Morgan fingerprint density at radius 3 is 2.27 bits per heavy atom. The standard InChI is InChI=1S/C26H34BrClO11S2/c1-13-9-16-20-22(39-41(6,35)36)21(38-40(5,33)34)17-10-15(30)7-8-23(17,3)25(20,27)18(28)11-24(16,4)26(13,32)19(31)12-37-14(2)29/h7-8,10,13,16,18,20-22,32H,9,11-12H2,1-6H3/t13?,16-,18?,20+,21?,22?,23-,24-,25+,26-/m0/s1. The Bertz CT molecular complexity index is 1460. The molecule has 230 valence electrons. The molecule has 11 nitrogen and oxygen atoms in total. The van der Waals surface area contributed by atoms with E-state index in [1.807, 2.05) is 0 Å². The maximum atomic E-state index is 13.5. The number of esters is 1. The smallest absolute Gasteiger partial charge is 0.303 e. The molecular weight excluding hydrogens is 668 g/mol. The molecule has 0 aliphatic heterocycles. The van der Waals surface area contributed by atoms with Crippen LogP contribution in [0.15, 0.2) is 23.8 Å². The van der Waals surface area contributed by atoms with Crippen LogP contribution >= 0.6 is 27.5 Å². The molecule has 0 saturated heterocycles. The third-order valence-electron chi connectivity index (χ3n) is 9.62. The predicted molar refractivity (Wildman–Crippen MR) is 151 cm³/mol. The van der Waals surface area contributed by atoms with Crippen molar-refractivity contribution in [3.8, 4) is 0 Å². The van der Waals surface area contributed by atoms with Gasteiger partial charge < -0.3 is 9.84 Å². The number of carbonyl (C=O) groups is 3. The average molecular weight is 702 g/mol. The van der Waals surface area contributed by atoms with Crippen LogP contribution in [0.4, 0.5) is 0 Å². The Morgan fingerprint density at radius 1 is 1.15 bits per heavy atom. The Balaban J connectivity index is 1.99. The normalized spacial score (nSPS) is 43.9. The minimum Gasteiger partial charge on any atom is -0.458 e. The first-order valence-corrected chi connectivity index (χ1v) is 17.8. The number of hydrogen-bond acceptors (Lipinski definition) is 11. The van der Waals surface area contributed by atoms with Crippen molar-refractivity contribution in [2.75, 3.05) is 19.1 Å². The van der Waals surface area contributed by atoms with Crippen LogP contribution in [0, 0.1) is 28.6 Å². The van der Waals surface area contributed by atoms with Gasteiger partial charge in [0, 0.05) is 23.7 Å². The van der Waals surface area contributed by atoms with Gasteiger partial charge >= 0.3 is 5.97 Å². The number of halogens is 2. The number of ketones is 2. The number of Topliss-reactive ketones (excluding diaryl/α,β-unsaturated/α-hetero) is 1. The van der Waals surface area contributed by atoms with Crippen molar-refractivity contribution in [1.29, 1.82) is 0 Å². The van der Waals surface area contributed by atoms with Crippen LogP contribution in [0.25, 0.3) is 0 Å². The van der Waals surface area contributed by atoms with E-state index in [1.165, 1.54) is 12.2 Å². The van der Waals surface area contributed by atoms with E-state index < -0.39 is 100 Å². The Hall–Kier alpha value is -1.16. The van der Waals surface area contributed by atoms with Crippen LogP contribution < -0.4 is 0 Å². The molecule has 0 radical (unpaired) electrons. The van der Waals surface area contributed by atoms with Gasteiger partial charge in [0.15, 0.2) is 12.4 Å². The van der Waals surface area contributed by atoms with Crippen molar-refractivity contribution in [2.24, 2.45) is 28.6 Å². The van der Waals surface area contributed by atoms with Gasteiger partial charge in [-0.3, -0.25) is 22.7 Å². The van der Waals surface area contributed by atoms with Gasteiger partial charge in [0.1, 0.15) is 17.8 Å². The highest BCUT2D eigenvalue weighted by Gasteiger charge is 2.77. The maximum Gasteiger partial charge on any atom is 0.303 e. The van der Waals surface area contributed by atoms with Gasteiger partial charge in [0.2, 0.25) is 5.78 Å². The summed E-state index contributed by atoms with van der Waals surface area (Å²) in [5.74, 6) is -4.23. The lowest BCUT2D eigenvalue weighted by Crippen LogP contribution is -2.73. The SMILES string of the molecule is CC(=O)OCC(=O)[C@@]1(O)C(C)C[C@H]2[C@@H]3C(OS(C)(=O)=O)C(OS(C)(=O)=O)C4=CC(=O)C=C[C@]4(C)[C@@]3(Br)C(Cl)C[C@@]21C. The van der Waals surface area contributed by atoms with Crippen molar-refractivity contribution in [3.05, 3.63) is 23.8 Å². The van der Waals surface area contributed by atoms with E-state index in [4.69, 9.17) is 24.7 Å². The fourth-order valence-electron chi connectivity index (χ4n) is 7.93. The third-order valence-corrected chi connectivity index (χ3v) is 13.4. The van der Waals surface area contributed by atoms with Crippen LogP contribution in [-0.2, 0) is 47.7 Å². The van der Waals surface area contributed by atoms with Crippen molar-refractivity contribution >= 4 is 65.3 Å². The van der Waals surface area contributed by atoms with Gasteiger partial charge in [-0.25, -0.2) is 0 Å². The molecule has 4 aliphatic rings. The van der Waals surface area contributed by atoms with Gasteiger partial charge in [0.05, 0.1) is 22.2 Å². The summed E-state index contributed by atoms with van der Waals surface area (Å²) >= 11 is 11.1. The van der Waals surface area contributed by atoms with Crippen LogP contribution in [-0.4, -0.2) is 86.1 Å². The molecule has 0 heterocycles. The molecule has 0 spiro atoms. The summed E-state index contributed by atoms with van der Waals surface area (Å²) in [5.41, 5.74) is -4.35. The van der Waals surface area contributed by atoms with Crippen LogP contribution in [0.2, 0.25) is 0 Å². The van der Waals surface area contributed by atoms with E-state index >= 15 is 0 Å². The highest BCUT2D eigenvalue weighted by Crippen LogP contribution is 2.73. The minimum atomic E-state index is -4.26. The summed E-state index contributed by atoms with van der Waals surface area (Å²) < 4.78 is 65.2. The second-order valence-electron chi connectivity index (χ2n) is 12.1. The number of alkyl halides is 2. The molecule has 0 bridgehead atoms. The second kappa shape index (κ2) is 10.2. The number of allylic oxidation sites excluding steroid dienone is 3. The lowest BCUT2D eigenvalue weighted by molar-refractivity contribution is -0.176. The zero-order valence-electron chi connectivity index (χ0n) is 23.4. The number of carbonyl (C=O) groups excluding carboxylic acids is 3. The van der Waals surface area contributed by atoms with Crippen molar-refractivity contribution in [2.45, 2.75) is 68.0 Å². The van der Waals surface area contributed by atoms with Gasteiger partial charge in [0.25, 0.3) is 20.2 Å². The van der Waals surface area contributed by atoms with E-state index in [0.717, 1.165) is 19.4 Å². The van der Waals surface area contributed by atoms with Gasteiger partial charge in [-0.05, 0) is 42.4 Å². The molecule has 3 saturated carbocycles. The molecule has 0 amide bonds. The second-order valence-corrected chi connectivity index (χ2v) is 17.2. The fraction of sp³-hybridized carbons (Fsp3) is 0.731. The summed E-state index contributed by atoms with van der Waals surface area (Å²) in [6.07, 6.45) is 2.91. The molecule has 4 aliphatic carbocycles. The van der Waals surface area contributed by atoms with Gasteiger partial charge in [-0.15, -0.1) is 11.6 Å². The number of rotatable bonds is 7. The van der Waals surface area contributed by atoms with Crippen LogP contribution in [0.1, 0.15) is 40.5 Å². The van der Waals surface area contributed by atoms with Crippen LogP contribution in [0.3, 0.4) is 0 Å². The molecular formula is C26H34BrClO11S2. The van der Waals surface area contributed by atoms with E-state index in [1.54, 1.807) is 26.8 Å². The number of ether oxygens (including phenoxy) is 1. The first kappa shape index (κ1) is 32.7. The number of hydrogen-bond donors (Lipinski definition) is 1. The summed E-state index contributed by atoms with van der Waals surface area (Å²) in [4.78, 5) is 37.5. The lowest BCUT2D eigenvalue weighted by Gasteiger charge is -2.66. The summed E-state index contributed by atoms with van der Waals surface area (Å²) in [5, 5.41) is 11.2. The molecule has 4 rings (SSSR count). The summed E-state index contributed by atoms with van der Waals surface area (Å²) in [6.45, 7) is 5.55. The zero-order chi connectivity index (χ0) is 31.1. The molecule has 10 atom stereocenters. The maximum absolute atomic E-state index is 13.5. The van der Waals surface area contributed by atoms with Crippen molar-refractivity contribution in [1.82, 2.24) is 0 Å². The highest BCUT2D eigenvalue weighted by atomic mass is 79.9. The zero-order valence-corrected chi connectivity index (χ0v) is 27.4. The van der Waals surface area contributed by atoms with Gasteiger partial charge in [-0.2, -0.15) is 16.8 Å². The van der Waals surface area contributed by atoms with Crippen molar-refractivity contribution < 1.29 is 49.4 Å². The first-order valence-electron chi connectivity index (χ1n) is 13.0. The molecule has 15 heteroatoms. The Labute approximate surface area is 253 Å². The van der Waals surface area contributed by atoms with E-state index in [0.29, 0.717) is 0 Å². The summed E-state index contributed by atoms with van der Waals surface area (Å²) in [6, 6.07) is 0. The Kier molecular flexibility index (Phi) is 8.15. The quantitative estimate of drug-likeness (QED) is 0.234. The molecule has 0 aromatic rings. The van der Waals surface area contributed by atoms with E-state index in [9.17, 15) is 36.3 Å². The Morgan fingerprint density at radius 2 is 1.73 bits per heavy atom. The van der Waals surface area contributed by atoms with E-state index in [2.05, 4.69) is 15.9 Å². The van der Waals surface area contributed by atoms with E-state index in [-0.39, 0.29) is 18.4 Å². The molecule has 4 unspecified atom stereocenters. The topological polar surface area (TPSA) is 167 Å². The average Bonchev–Trinajstić information content (AvgIpc) is 3.01. The largest absolute Gasteiger partial charge is 0.458 e. The summed E-state index contributed by atoms with van der Waals surface area (Å²) in [7, 11) is -8.49. The highest BCUT2D eigenvalue weighted by molar-refractivity contribution is 9.10. The number of aliphatic hydroxyl groups is 1. The van der Waals surface area contributed by atoms with Crippen LogP contribution in [0.5, 0.6) is 0 Å². The van der Waals surface area contributed by atoms with Crippen molar-refractivity contribution in [3.63, 3.8) is 0 Å². The molecule has 3 fully saturated rings. The lowest BCUT2D eigenvalue weighted by atomic mass is 9.45. The molecule has 0 aromatic heterocycles. The predicted octanol–water partition coefficient (Wildman–Crippen LogP) is 2.05. The molecule has 41 heavy (non-hydrogen) atoms.